The summed E-state index contributed by atoms with van der Waals surface area (Å²) in [5.74, 6) is 0.699. The molecule has 3 aromatic rings. The highest BCUT2D eigenvalue weighted by Crippen LogP contribution is 2.26. The van der Waals surface area contributed by atoms with E-state index >= 15 is 0 Å². The van der Waals surface area contributed by atoms with Crippen molar-refractivity contribution >= 4 is 26.8 Å². The molecule has 3 heterocycles. The van der Waals surface area contributed by atoms with E-state index in [1.165, 1.54) is 22.2 Å². The Kier molecular flexibility index (Phi) is 6.31. The second kappa shape index (κ2) is 9.11. The second-order valence-electron chi connectivity index (χ2n) is 7.55. The number of hydrogen-bond donors (Lipinski definition) is 1. The summed E-state index contributed by atoms with van der Waals surface area (Å²) in [7, 11) is 0. The maximum atomic E-state index is 12.9. The van der Waals surface area contributed by atoms with Crippen LogP contribution in [0.4, 0.5) is 5.13 Å². The van der Waals surface area contributed by atoms with Gasteiger partial charge in [-0.2, -0.15) is 4.98 Å². The molecule has 0 amide bonds. The number of piperazine rings is 1. The number of aromatic nitrogens is 3. The quantitative estimate of drug-likeness (QED) is 0.612. The van der Waals surface area contributed by atoms with Gasteiger partial charge < -0.3 is 19.6 Å². The molecule has 1 fully saturated rings. The van der Waals surface area contributed by atoms with Crippen molar-refractivity contribution in [2.45, 2.75) is 26.5 Å². The van der Waals surface area contributed by atoms with Gasteiger partial charge in [0.05, 0.1) is 6.54 Å². The minimum Gasteiger partial charge on any atom is -0.491 e. The minimum atomic E-state index is -0.822. The standard InChI is InChI=1S/C21H27N5O3S/c1-3-24-7-9-25(10-8-24)21-23-19-18(30-21)20(28)26(14-22-19)12-16(27)13-29-17-6-4-5-15(2)11-17/h4-6,11,14,16,27H,3,7-10,12-13H2,1-2H3/t16-/m1/s1. The smallest absolute Gasteiger partial charge is 0.273 e. The molecule has 4 rings (SSSR count). The van der Waals surface area contributed by atoms with Gasteiger partial charge in [0.2, 0.25) is 0 Å². The van der Waals surface area contributed by atoms with Crippen LogP contribution in [0.2, 0.25) is 0 Å². The van der Waals surface area contributed by atoms with Gasteiger partial charge in [0.15, 0.2) is 10.8 Å². The van der Waals surface area contributed by atoms with Crippen LogP contribution in [0.25, 0.3) is 10.3 Å². The van der Waals surface area contributed by atoms with Crippen molar-refractivity contribution in [1.82, 2.24) is 19.4 Å². The molecule has 160 valence electrons. The zero-order chi connectivity index (χ0) is 21.1. The molecule has 1 aliphatic rings. The van der Waals surface area contributed by atoms with Gasteiger partial charge in [-0.3, -0.25) is 9.36 Å². The Morgan fingerprint density at radius 1 is 1.27 bits per heavy atom. The van der Waals surface area contributed by atoms with E-state index in [2.05, 4.69) is 26.7 Å². The molecule has 0 radical (unpaired) electrons. The van der Waals surface area contributed by atoms with Crippen LogP contribution in [0, 0.1) is 6.92 Å². The third kappa shape index (κ3) is 4.63. The topological polar surface area (TPSA) is 83.7 Å². The van der Waals surface area contributed by atoms with Crippen LogP contribution in [0.15, 0.2) is 35.4 Å². The SMILES string of the molecule is CCN1CCN(c2nc3ncn(C[C@@H](O)COc4cccc(C)c4)c(=O)c3s2)CC1. The molecule has 0 saturated carbocycles. The van der Waals surface area contributed by atoms with Crippen LogP contribution in [0.1, 0.15) is 12.5 Å². The summed E-state index contributed by atoms with van der Waals surface area (Å²) >= 11 is 1.38. The lowest BCUT2D eigenvalue weighted by molar-refractivity contribution is 0.0914. The summed E-state index contributed by atoms with van der Waals surface area (Å²) in [6.45, 7) is 9.22. The predicted molar refractivity (Wildman–Crippen MR) is 119 cm³/mol. The van der Waals surface area contributed by atoms with Crippen molar-refractivity contribution in [3.8, 4) is 5.75 Å². The number of likely N-dealkylation sites (N-methyl/N-ethyl adjacent to an activating group) is 1. The molecular weight excluding hydrogens is 402 g/mol. The summed E-state index contributed by atoms with van der Waals surface area (Å²) in [6.07, 6.45) is 0.635. The van der Waals surface area contributed by atoms with Crippen LogP contribution in [-0.2, 0) is 6.54 Å². The first-order chi connectivity index (χ1) is 14.5. The average Bonchev–Trinajstić information content (AvgIpc) is 3.20. The summed E-state index contributed by atoms with van der Waals surface area (Å²) in [6, 6.07) is 7.64. The highest BCUT2D eigenvalue weighted by molar-refractivity contribution is 7.22. The number of hydrogen-bond acceptors (Lipinski definition) is 8. The molecule has 9 heteroatoms. The van der Waals surface area contributed by atoms with Gasteiger partial charge in [0.1, 0.15) is 29.5 Å². The van der Waals surface area contributed by atoms with Crippen LogP contribution in [-0.4, -0.2) is 70.0 Å². The molecule has 0 aliphatic carbocycles. The average molecular weight is 430 g/mol. The molecular formula is C21H27N5O3S. The Bertz CT molecular complexity index is 1060. The van der Waals surface area contributed by atoms with Gasteiger partial charge in [-0.05, 0) is 31.2 Å². The highest BCUT2D eigenvalue weighted by atomic mass is 32.1. The number of anilines is 1. The van der Waals surface area contributed by atoms with Gasteiger partial charge in [0, 0.05) is 26.2 Å². The van der Waals surface area contributed by atoms with E-state index in [9.17, 15) is 9.90 Å². The fraction of sp³-hybridized carbons (Fsp3) is 0.476. The summed E-state index contributed by atoms with van der Waals surface area (Å²) in [4.78, 5) is 26.4. The van der Waals surface area contributed by atoms with Crippen LogP contribution in [0.5, 0.6) is 5.75 Å². The molecule has 30 heavy (non-hydrogen) atoms. The van der Waals surface area contributed by atoms with Gasteiger partial charge >= 0.3 is 0 Å². The summed E-state index contributed by atoms with van der Waals surface area (Å²) in [5.41, 5.74) is 1.38. The highest BCUT2D eigenvalue weighted by Gasteiger charge is 2.21. The monoisotopic (exact) mass is 429 g/mol. The lowest BCUT2D eigenvalue weighted by Gasteiger charge is -2.33. The molecule has 8 nitrogen and oxygen atoms in total. The molecule has 1 aromatic carbocycles. The summed E-state index contributed by atoms with van der Waals surface area (Å²) < 4.78 is 7.60. The normalized spacial score (nSPS) is 16.2. The Morgan fingerprint density at radius 3 is 2.80 bits per heavy atom. The van der Waals surface area contributed by atoms with Crippen molar-refractivity contribution in [2.24, 2.45) is 0 Å². The van der Waals surface area contributed by atoms with E-state index in [0.29, 0.717) is 16.1 Å². The van der Waals surface area contributed by atoms with Crippen molar-refractivity contribution in [3.05, 3.63) is 46.5 Å². The number of rotatable bonds is 7. The Morgan fingerprint density at radius 2 is 2.07 bits per heavy atom. The summed E-state index contributed by atoms with van der Waals surface area (Å²) in [5, 5.41) is 11.2. The van der Waals surface area contributed by atoms with Gasteiger partial charge in [-0.1, -0.05) is 30.4 Å². The minimum absolute atomic E-state index is 0.101. The maximum absolute atomic E-state index is 12.9. The Balaban J connectivity index is 1.43. The molecule has 1 aliphatic heterocycles. The number of aryl methyl sites for hydroxylation is 1. The largest absolute Gasteiger partial charge is 0.491 e. The van der Waals surface area contributed by atoms with Crippen LogP contribution in [0.3, 0.4) is 0 Å². The first-order valence-electron chi connectivity index (χ1n) is 10.2. The van der Waals surface area contributed by atoms with E-state index in [4.69, 9.17) is 4.74 Å². The van der Waals surface area contributed by atoms with Gasteiger partial charge in [-0.15, -0.1) is 0 Å². The van der Waals surface area contributed by atoms with E-state index in [-0.39, 0.29) is 18.7 Å². The number of nitrogens with zero attached hydrogens (tertiary/aromatic N) is 5. The number of ether oxygens (including phenoxy) is 1. The predicted octanol–water partition coefficient (Wildman–Crippen LogP) is 1.74. The van der Waals surface area contributed by atoms with E-state index in [1.807, 2.05) is 31.2 Å². The van der Waals surface area contributed by atoms with Crippen LogP contribution < -0.4 is 15.2 Å². The number of aliphatic hydroxyl groups excluding tert-OH is 1. The maximum Gasteiger partial charge on any atom is 0.273 e. The molecule has 1 atom stereocenters. The number of fused-ring (bicyclic) bond motifs is 1. The molecule has 0 unspecified atom stereocenters. The molecule has 1 saturated heterocycles. The van der Waals surface area contributed by atoms with Crippen LogP contribution >= 0.6 is 11.3 Å². The molecule has 2 aromatic heterocycles. The lowest BCUT2D eigenvalue weighted by atomic mass is 10.2. The zero-order valence-corrected chi connectivity index (χ0v) is 18.1. The van der Waals surface area contributed by atoms with E-state index in [0.717, 1.165) is 43.4 Å². The molecule has 1 N–H and O–H groups in total. The van der Waals surface area contributed by atoms with Crippen molar-refractivity contribution in [3.63, 3.8) is 0 Å². The number of thiazole rings is 1. The second-order valence-corrected chi connectivity index (χ2v) is 8.53. The van der Waals surface area contributed by atoms with Gasteiger partial charge in [0.25, 0.3) is 5.56 Å². The molecule has 0 spiro atoms. The van der Waals surface area contributed by atoms with E-state index in [1.54, 1.807) is 0 Å². The first-order valence-corrected chi connectivity index (χ1v) is 11.1. The Hall–Kier alpha value is -2.49. The van der Waals surface area contributed by atoms with Crippen molar-refractivity contribution in [2.75, 3.05) is 44.2 Å². The first kappa shape index (κ1) is 20.8. The van der Waals surface area contributed by atoms with E-state index < -0.39 is 6.10 Å². The molecule has 0 bridgehead atoms. The zero-order valence-electron chi connectivity index (χ0n) is 17.3. The number of aliphatic hydroxyl groups is 1. The van der Waals surface area contributed by atoms with Crippen molar-refractivity contribution < 1.29 is 9.84 Å². The fourth-order valence-corrected chi connectivity index (χ4v) is 4.55. The van der Waals surface area contributed by atoms with Crippen molar-refractivity contribution in [1.29, 1.82) is 0 Å². The van der Waals surface area contributed by atoms with Gasteiger partial charge in [-0.25, -0.2) is 4.98 Å². The number of benzene rings is 1. The lowest BCUT2D eigenvalue weighted by Crippen LogP contribution is -2.46. The Labute approximate surface area is 179 Å². The third-order valence-electron chi connectivity index (χ3n) is 5.30. The fourth-order valence-electron chi connectivity index (χ4n) is 3.53. The third-order valence-corrected chi connectivity index (χ3v) is 6.40.